The molecule has 2 aromatic heterocycles. The molecular formula is C9H7N5. The van der Waals surface area contributed by atoms with Crippen molar-refractivity contribution in [3.05, 3.63) is 35.9 Å². The topological polar surface area (TPSA) is 67.4 Å². The maximum Gasteiger partial charge on any atom is 0.166 e. The second-order valence-corrected chi connectivity index (χ2v) is 2.78. The fraction of sp³-hybridized carbons (Fsp3) is 0.111. The van der Waals surface area contributed by atoms with Gasteiger partial charge in [-0.15, -0.1) is 5.10 Å². The summed E-state index contributed by atoms with van der Waals surface area (Å²) in [7, 11) is 0. The van der Waals surface area contributed by atoms with Crippen molar-refractivity contribution in [2.24, 2.45) is 0 Å². The van der Waals surface area contributed by atoms with E-state index in [9.17, 15) is 0 Å². The minimum atomic E-state index is 0.357. The zero-order valence-corrected chi connectivity index (χ0v) is 7.55. The van der Waals surface area contributed by atoms with E-state index < -0.39 is 0 Å². The fourth-order valence-corrected chi connectivity index (χ4v) is 1.15. The number of aromatic nitrogens is 4. The van der Waals surface area contributed by atoms with Gasteiger partial charge in [0, 0.05) is 5.69 Å². The average Bonchev–Trinajstić information content (AvgIpc) is 2.70. The molecule has 68 valence electrons. The molecular weight excluding hydrogens is 178 g/mol. The van der Waals surface area contributed by atoms with Crippen LogP contribution in [0.4, 0.5) is 0 Å². The summed E-state index contributed by atoms with van der Waals surface area (Å²) in [6.45, 7) is 1.84. The zero-order chi connectivity index (χ0) is 9.97. The number of nitrogens with zero attached hydrogens (tertiary/aromatic N) is 5. The highest BCUT2D eigenvalue weighted by molar-refractivity contribution is 5.43. The number of aryl methyl sites for hydroxylation is 1. The van der Waals surface area contributed by atoms with E-state index in [0.717, 1.165) is 5.69 Å². The van der Waals surface area contributed by atoms with Crippen LogP contribution in [0.25, 0.3) is 5.69 Å². The van der Waals surface area contributed by atoms with Gasteiger partial charge in [-0.25, -0.2) is 9.67 Å². The number of pyridine rings is 1. The number of rotatable bonds is 1. The molecule has 0 saturated carbocycles. The van der Waals surface area contributed by atoms with E-state index in [2.05, 4.69) is 15.3 Å². The Balaban J connectivity index is 2.60. The van der Waals surface area contributed by atoms with Crippen molar-refractivity contribution in [2.45, 2.75) is 6.92 Å². The molecule has 0 bridgehead atoms. The Morgan fingerprint density at radius 3 is 2.93 bits per heavy atom. The summed E-state index contributed by atoms with van der Waals surface area (Å²) in [5.74, 6) is 0. The molecule has 2 heterocycles. The molecule has 14 heavy (non-hydrogen) atoms. The molecule has 0 aromatic carbocycles. The van der Waals surface area contributed by atoms with E-state index in [1.165, 1.54) is 4.68 Å². The molecule has 2 rings (SSSR count). The van der Waals surface area contributed by atoms with E-state index >= 15 is 0 Å². The number of nitriles is 1. The molecule has 0 spiro atoms. The normalized spacial score (nSPS) is 9.71. The maximum absolute atomic E-state index is 8.87. The summed E-state index contributed by atoms with van der Waals surface area (Å²) in [5.41, 5.74) is 1.82. The van der Waals surface area contributed by atoms with Crippen LogP contribution in [0.1, 0.15) is 11.4 Å². The summed E-state index contributed by atoms with van der Waals surface area (Å²) >= 11 is 0. The summed E-state index contributed by atoms with van der Waals surface area (Å²) in [6.07, 6.45) is 3.23. The third-order valence-electron chi connectivity index (χ3n) is 1.79. The minimum Gasteiger partial charge on any atom is -0.240 e. The highest BCUT2D eigenvalue weighted by Gasteiger charge is 2.05. The van der Waals surface area contributed by atoms with Gasteiger partial charge >= 0.3 is 0 Å². The Hall–Kier alpha value is -2.22. The van der Waals surface area contributed by atoms with Gasteiger partial charge in [-0.2, -0.15) is 5.26 Å². The summed E-state index contributed by atoms with van der Waals surface area (Å²) in [6, 6.07) is 5.66. The van der Waals surface area contributed by atoms with Crippen molar-refractivity contribution < 1.29 is 0 Å². The predicted molar refractivity (Wildman–Crippen MR) is 48.6 cm³/mol. The van der Waals surface area contributed by atoms with Crippen LogP contribution in [0.3, 0.4) is 0 Å². The Morgan fingerprint density at radius 2 is 2.29 bits per heavy atom. The largest absolute Gasteiger partial charge is 0.240 e. The van der Waals surface area contributed by atoms with Crippen molar-refractivity contribution >= 4 is 0 Å². The van der Waals surface area contributed by atoms with Gasteiger partial charge < -0.3 is 0 Å². The third kappa shape index (κ3) is 1.33. The first-order valence-corrected chi connectivity index (χ1v) is 4.05. The van der Waals surface area contributed by atoms with Gasteiger partial charge in [-0.3, -0.25) is 0 Å². The Kier molecular flexibility index (Phi) is 1.95. The van der Waals surface area contributed by atoms with Gasteiger partial charge in [-0.1, -0.05) is 5.21 Å². The number of hydrogen-bond donors (Lipinski definition) is 0. The van der Waals surface area contributed by atoms with Crippen LogP contribution in [0.15, 0.2) is 24.5 Å². The van der Waals surface area contributed by atoms with E-state index in [0.29, 0.717) is 11.4 Å². The molecule has 5 heteroatoms. The monoisotopic (exact) mass is 185 g/mol. The lowest BCUT2D eigenvalue weighted by atomic mass is 10.3. The lowest BCUT2D eigenvalue weighted by molar-refractivity contribution is 0.795. The van der Waals surface area contributed by atoms with Crippen molar-refractivity contribution in [2.75, 3.05) is 0 Å². The van der Waals surface area contributed by atoms with E-state index in [4.69, 9.17) is 5.26 Å². The zero-order valence-electron chi connectivity index (χ0n) is 7.55. The smallest absolute Gasteiger partial charge is 0.166 e. The van der Waals surface area contributed by atoms with Crippen LogP contribution in [-0.4, -0.2) is 20.0 Å². The first-order chi connectivity index (χ1) is 6.81. The van der Waals surface area contributed by atoms with E-state index in [1.807, 2.05) is 19.1 Å². The van der Waals surface area contributed by atoms with Gasteiger partial charge in [-0.05, 0) is 19.1 Å². The summed E-state index contributed by atoms with van der Waals surface area (Å²) in [5, 5.41) is 16.3. The fourth-order valence-electron chi connectivity index (χ4n) is 1.15. The van der Waals surface area contributed by atoms with Crippen LogP contribution in [-0.2, 0) is 0 Å². The molecule has 2 aromatic rings. The highest BCUT2D eigenvalue weighted by atomic mass is 15.4. The van der Waals surface area contributed by atoms with Crippen molar-refractivity contribution in [3.8, 4) is 11.8 Å². The average molecular weight is 185 g/mol. The second-order valence-electron chi connectivity index (χ2n) is 2.78. The maximum atomic E-state index is 8.87. The summed E-state index contributed by atoms with van der Waals surface area (Å²) in [4.78, 5) is 4.10. The molecule has 0 unspecified atom stereocenters. The van der Waals surface area contributed by atoms with E-state index in [1.54, 1.807) is 18.5 Å². The molecule has 0 N–H and O–H groups in total. The van der Waals surface area contributed by atoms with Gasteiger partial charge in [0.05, 0.1) is 12.4 Å². The first kappa shape index (κ1) is 8.38. The van der Waals surface area contributed by atoms with Gasteiger partial charge in [0.1, 0.15) is 11.8 Å². The molecule has 0 saturated heterocycles. The minimum absolute atomic E-state index is 0.357. The first-order valence-electron chi connectivity index (χ1n) is 4.05. The van der Waals surface area contributed by atoms with Crippen LogP contribution in [0, 0.1) is 18.3 Å². The Morgan fingerprint density at radius 1 is 1.43 bits per heavy atom. The van der Waals surface area contributed by atoms with Crippen LogP contribution in [0.2, 0.25) is 0 Å². The Labute approximate surface area is 80.6 Å². The SMILES string of the molecule is Cc1ccc(-n2ccnn2)c(C#N)n1. The quantitative estimate of drug-likeness (QED) is 0.660. The molecule has 0 aliphatic rings. The number of hydrogen-bond acceptors (Lipinski definition) is 4. The van der Waals surface area contributed by atoms with Gasteiger partial charge in [0.15, 0.2) is 5.69 Å². The molecule has 0 aliphatic heterocycles. The lowest BCUT2D eigenvalue weighted by Gasteiger charge is -2.02. The molecule has 0 aliphatic carbocycles. The van der Waals surface area contributed by atoms with Crippen LogP contribution in [0.5, 0.6) is 0 Å². The standard InChI is InChI=1S/C9H7N5/c1-7-2-3-9(8(6-10)12-7)14-5-4-11-13-14/h2-5H,1H3. The summed E-state index contributed by atoms with van der Waals surface area (Å²) < 4.78 is 1.52. The van der Waals surface area contributed by atoms with Crippen LogP contribution < -0.4 is 0 Å². The highest BCUT2D eigenvalue weighted by Crippen LogP contribution is 2.10. The molecule has 5 nitrogen and oxygen atoms in total. The predicted octanol–water partition coefficient (Wildman–Crippen LogP) is 0.842. The Bertz CT molecular complexity index is 480. The van der Waals surface area contributed by atoms with Crippen molar-refractivity contribution in [3.63, 3.8) is 0 Å². The van der Waals surface area contributed by atoms with Crippen LogP contribution >= 0.6 is 0 Å². The van der Waals surface area contributed by atoms with Crippen molar-refractivity contribution in [1.29, 1.82) is 5.26 Å². The van der Waals surface area contributed by atoms with E-state index in [-0.39, 0.29) is 0 Å². The third-order valence-corrected chi connectivity index (χ3v) is 1.79. The molecule has 0 amide bonds. The molecule has 0 fully saturated rings. The van der Waals surface area contributed by atoms with Gasteiger partial charge in [0.2, 0.25) is 0 Å². The molecule has 0 radical (unpaired) electrons. The van der Waals surface area contributed by atoms with Gasteiger partial charge in [0.25, 0.3) is 0 Å². The molecule has 0 atom stereocenters. The van der Waals surface area contributed by atoms with Crippen molar-refractivity contribution in [1.82, 2.24) is 20.0 Å². The lowest BCUT2D eigenvalue weighted by Crippen LogP contribution is -2.01. The second kappa shape index (κ2) is 3.26.